The maximum Gasteiger partial charge on any atom is 0.269 e. The third-order valence-corrected chi connectivity index (χ3v) is 4.93. The molecule has 0 atom stereocenters. The number of nitrogens with one attached hydrogen (secondary N) is 2. The number of hydrazone groups is 1. The Morgan fingerprint density at radius 3 is 2.31 bits per heavy atom. The Kier molecular flexibility index (Phi) is 6.75. The summed E-state index contributed by atoms with van der Waals surface area (Å²) in [4.78, 5) is 30.1. The molecule has 0 saturated carbocycles. The van der Waals surface area contributed by atoms with Gasteiger partial charge in [0.2, 0.25) is 17.8 Å². The number of aromatic nitrogens is 4. The van der Waals surface area contributed by atoms with Crippen LogP contribution in [0.5, 0.6) is 0 Å². The number of hydrogen-bond donors (Lipinski definition) is 2. The highest BCUT2D eigenvalue weighted by Crippen LogP contribution is 2.22. The van der Waals surface area contributed by atoms with Crippen LogP contribution in [0.25, 0.3) is 0 Å². The van der Waals surface area contributed by atoms with Gasteiger partial charge in [0.1, 0.15) is 0 Å². The molecule has 1 aliphatic rings. The highest BCUT2D eigenvalue weighted by Gasteiger charge is 2.16. The first-order valence-corrected chi connectivity index (χ1v) is 10.4. The van der Waals surface area contributed by atoms with Crippen LogP contribution in [0.1, 0.15) is 31.2 Å². The molecule has 2 aromatic heterocycles. The van der Waals surface area contributed by atoms with Crippen LogP contribution >= 0.6 is 0 Å². The fourth-order valence-corrected chi connectivity index (χ4v) is 3.29. The lowest BCUT2D eigenvalue weighted by Crippen LogP contribution is -2.26. The average Bonchev–Trinajstić information content (AvgIpc) is 3.10. The summed E-state index contributed by atoms with van der Waals surface area (Å²) in [6.07, 6.45) is 9.58. The molecule has 1 aliphatic heterocycles. The molecule has 1 saturated heterocycles. The van der Waals surface area contributed by atoms with Gasteiger partial charge in [0.25, 0.3) is 5.69 Å². The van der Waals surface area contributed by atoms with E-state index in [9.17, 15) is 10.1 Å². The molecule has 1 aromatic carbocycles. The van der Waals surface area contributed by atoms with Gasteiger partial charge in [0, 0.05) is 43.3 Å². The number of nitrogens with zero attached hydrogens (tertiary/aromatic N) is 7. The maximum absolute atomic E-state index is 10.9. The van der Waals surface area contributed by atoms with Crippen molar-refractivity contribution in [2.45, 2.75) is 25.7 Å². The number of nitro benzene ring substituents is 1. The van der Waals surface area contributed by atoms with Gasteiger partial charge in [-0.05, 0) is 42.7 Å². The lowest BCUT2D eigenvalue weighted by Gasteiger charge is -2.21. The van der Waals surface area contributed by atoms with Gasteiger partial charge in [-0.15, -0.1) is 0 Å². The Morgan fingerprint density at radius 2 is 1.62 bits per heavy atom. The number of nitro groups is 1. The number of rotatable bonds is 7. The second-order valence-electron chi connectivity index (χ2n) is 7.26. The number of benzene rings is 1. The Bertz CT molecular complexity index is 1070. The second-order valence-corrected chi connectivity index (χ2v) is 7.26. The van der Waals surface area contributed by atoms with Crippen LogP contribution in [0.2, 0.25) is 0 Å². The standard InChI is InChI=1S/C21H23N9O2/c31-30(32)18-7-5-17(6-8-18)24-19-25-20(28-23-15-16-9-11-22-12-10-16)27-21(26-19)29-13-3-1-2-4-14-29/h5-12,15H,1-4,13-14H2,(H2,24,25,26,27,28). The molecule has 11 nitrogen and oxygen atoms in total. The first-order chi connectivity index (χ1) is 15.7. The fraction of sp³-hybridized carbons (Fsp3) is 0.286. The largest absolute Gasteiger partial charge is 0.341 e. The first-order valence-electron chi connectivity index (χ1n) is 10.4. The average molecular weight is 433 g/mol. The van der Waals surface area contributed by atoms with Crippen LogP contribution in [0.3, 0.4) is 0 Å². The summed E-state index contributed by atoms with van der Waals surface area (Å²) in [5, 5.41) is 18.2. The molecule has 0 radical (unpaired) electrons. The van der Waals surface area contributed by atoms with E-state index in [1.165, 1.54) is 25.0 Å². The number of anilines is 4. The molecule has 0 unspecified atom stereocenters. The molecule has 0 aliphatic carbocycles. The molecule has 1 fully saturated rings. The van der Waals surface area contributed by atoms with E-state index in [0.717, 1.165) is 31.5 Å². The summed E-state index contributed by atoms with van der Waals surface area (Å²) in [6, 6.07) is 9.75. The smallest absolute Gasteiger partial charge is 0.269 e. The lowest BCUT2D eigenvalue weighted by molar-refractivity contribution is -0.384. The minimum atomic E-state index is -0.438. The van der Waals surface area contributed by atoms with E-state index < -0.39 is 4.92 Å². The predicted molar refractivity (Wildman–Crippen MR) is 122 cm³/mol. The summed E-state index contributed by atoms with van der Waals surface area (Å²) in [5.74, 6) is 1.19. The van der Waals surface area contributed by atoms with Gasteiger partial charge in [0.15, 0.2) is 0 Å². The van der Waals surface area contributed by atoms with Crippen molar-refractivity contribution in [3.63, 3.8) is 0 Å². The molecule has 2 N–H and O–H groups in total. The highest BCUT2D eigenvalue weighted by atomic mass is 16.6. The summed E-state index contributed by atoms with van der Waals surface area (Å²) < 4.78 is 0. The molecule has 3 heterocycles. The summed E-state index contributed by atoms with van der Waals surface area (Å²) >= 11 is 0. The van der Waals surface area contributed by atoms with E-state index in [0.29, 0.717) is 23.5 Å². The minimum absolute atomic E-state index is 0.0178. The van der Waals surface area contributed by atoms with Gasteiger partial charge in [-0.3, -0.25) is 15.1 Å². The molecule has 11 heteroatoms. The first kappa shape index (κ1) is 21.1. The number of pyridine rings is 1. The molecule has 32 heavy (non-hydrogen) atoms. The van der Waals surface area contributed by atoms with E-state index in [4.69, 9.17) is 0 Å². The summed E-state index contributed by atoms with van der Waals surface area (Å²) in [7, 11) is 0. The van der Waals surface area contributed by atoms with Crippen molar-refractivity contribution in [3.8, 4) is 0 Å². The Balaban J connectivity index is 1.57. The molecule has 0 spiro atoms. The topological polar surface area (TPSA) is 134 Å². The van der Waals surface area contributed by atoms with Crippen LogP contribution in [-0.4, -0.2) is 44.2 Å². The van der Waals surface area contributed by atoms with E-state index in [2.05, 4.69) is 40.7 Å². The van der Waals surface area contributed by atoms with Crippen molar-refractivity contribution >= 4 is 35.4 Å². The van der Waals surface area contributed by atoms with Crippen LogP contribution in [-0.2, 0) is 0 Å². The van der Waals surface area contributed by atoms with Crippen LogP contribution in [0, 0.1) is 10.1 Å². The highest BCUT2D eigenvalue weighted by molar-refractivity contribution is 5.79. The zero-order chi connectivity index (χ0) is 22.2. The normalized spacial score (nSPS) is 14.2. The van der Waals surface area contributed by atoms with E-state index in [1.54, 1.807) is 30.7 Å². The van der Waals surface area contributed by atoms with E-state index >= 15 is 0 Å². The van der Waals surface area contributed by atoms with Crippen LogP contribution in [0.4, 0.5) is 29.2 Å². The van der Waals surface area contributed by atoms with Crippen LogP contribution < -0.4 is 15.6 Å². The minimum Gasteiger partial charge on any atom is -0.341 e. The Hall–Kier alpha value is -4.15. The van der Waals surface area contributed by atoms with Crippen LogP contribution in [0.15, 0.2) is 53.9 Å². The summed E-state index contributed by atoms with van der Waals surface area (Å²) in [6.45, 7) is 1.75. The summed E-state index contributed by atoms with van der Waals surface area (Å²) in [5.41, 5.74) is 4.41. The molecule has 164 valence electrons. The van der Waals surface area contributed by atoms with Gasteiger partial charge < -0.3 is 10.2 Å². The fourth-order valence-electron chi connectivity index (χ4n) is 3.29. The van der Waals surface area contributed by atoms with Crippen molar-refractivity contribution in [1.29, 1.82) is 0 Å². The molecule has 0 amide bonds. The zero-order valence-corrected chi connectivity index (χ0v) is 17.4. The third kappa shape index (κ3) is 5.72. The number of non-ortho nitro benzene ring substituents is 1. The van der Waals surface area contributed by atoms with Crippen molar-refractivity contribution < 1.29 is 4.92 Å². The number of hydrogen-bond acceptors (Lipinski definition) is 10. The van der Waals surface area contributed by atoms with Gasteiger partial charge in [-0.1, -0.05) is 12.8 Å². The van der Waals surface area contributed by atoms with Crippen molar-refractivity contribution in [3.05, 3.63) is 64.5 Å². The molecular formula is C21H23N9O2. The van der Waals surface area contributed by atoms with E-state index in [1.807, 2.05) is 12.1 Å². The van der Waals surface area contributed by atoms with Crippen molar-refractivity contribution in [1.82, 2.24) is 19.9 Å². The lowest BCUT2D eigenvalue weighted by atomic mass is 10.2. The monoisotopic (exact) mass is 433 g/mol. The van der Waals surface area contributed by atoms with E-state index in [-0.39, 0.29) is 5.69 Å². The van der Waals surface area contributed by atoms with Gasteiger partial charge in [-0.25, -0.2) is 5.43 Å². The SMILES string of the molecule is O=[N+]([O-])c1ccc(Nc2nc(NN=Cc3ccncc3)nc(N3CCCCCC3)n2)cc1. The Labute approximate surface area is 184 Å². The third-order valence-electron chi connectivity index (χ3n) is 4.93. The molecule has 3 aromatic rings. The quantitative estimate of drug-likeness (QED) is 0.324. The maximum atomic E-state index is 10.9. The van der Waals surface area contributed by atoms with Crippen molar-refractivity contribution in [2.75, 3.05) is 28.7 Å². The van der Waals surface area contributed by atoms with Gasteiger partial charge in [-0.2, -0.15) is 20.1 Å². The second kappa shape index (κ2) is 10.2. The Morgan fingerprint density at radius 1 is 0.938 bits per heavy atom. The molecule has 0 bridgehead atoms. The van der Waals surface area contributed by atoms with Crippen molar-refractivity contribution in [2.24, 2.45) is 5.10 Å². The predicted octanol–water partition coefficient (Wildman–Crippen LogP) is 3.74. The van der Waals surface area contributed by atoms with Gasteiger partial charge in [0.05, 0.1) is 11.1 Å². The molecular weight excluding hydrogens is 410 g/mol. The molecule has 4 rings (SSSR count). The zero-order valence-electron chi connectivity index (χ0n) is 17.4. The van der Waals surface area contributed by atoms with Gasteiger partial charge >= 0.3 is 0 Å².